The summed E-state index contributed by atoms with van der Waals surface area (Å²) in [5.41, 5.74) is 3.02. The molecule has 0 spiro atoms. The summed E-state index contributed by atoms with van der Waals surface area (Å²) in [5, 5.41) is 18.9. The minimum absolute atomic E-state index is 0.177. The van der Waals surface area contributed by atoms with Gasteiger partial charge in [-0.15, -0.1) is 0 Å². The van der Waals surface area contributed by atoms with Crippen LogP contribution < -0.4 is 4.74 Å². The second-order valence-corrected chi connectivity index (χ2v) is 4.44. The summed E-state index contributed by atoms with van der Waals surface area (Å²) in [6.07, 6.45) is 1.67. The summed E-state index contributed by atoms with van der Waals surface area (Å²) in [7, 11) is 1.63. The molecule has 0 saturated carbocycles. The number of ether oxygens (including phenoxy) is 1. The van der Waals surface area contributed by atoms with Gasteiger partial charge in [0, 0.05) is 12.2 Å². The Morgan fingerprint density at radius 3 is 2.53 bits per heavy atom. The molecule has 3 heteroatoms. The number of aliphatic hydroxyl groups excluding tert-OH is 2. The molecule has 3 nitrogen and oxygen atoms in total. The normalized spacial score (nSPS) is 12.5. The highest BCUT2D eigenvalue weighted by molar-refractivity contribution is 5.44. The SMILES string of the molecule is COc1c(C)cc(C)cc1C(O)CCCCO. The van der Waals surface area contributed by atoms with Crippen LogP contribution in [0.25, 0.3) is 0 Å². The van der Waals surface area contributed by atoms with Crippen LogP contribution in [0.4, 0.5) is 0 Å². The van der Waals surface area contributed by atoms with Gasteiger partial charge in [0.25, 0.3) is 0 Å². The summed E-state index contributed by atoms with van der Waals surface area (Å²) in [6, 6.07) is 4.01. The standard InChI is InChI=1S/C14H22O3/c1-10-8-11(2)14(17-3)12(9-10)13(16)6-4-5-7-15/h8-9,13,15-16H,4-7H2,1-3H3. The van der Waals surface area contributed by atoms with E-state index in [-0.39, 0.29) is 6.61 Å². The average Bonchev–Trinajstić information content (AvgIpc) is 2.28. The van der Waals surface area contributed by atoms with Gasteiger partial charge in [-0.1, -0.05) is 11.6 Å². The van der Waals surface area contributed by atoms with E-state index >= 15 is 0 Å². The van der Waals surface area contributed by atoms with Gasteiger partial charge in [-0.2, -0.15) is 0 Å². The highest BCUT2D eigenvalue weighted by Gasteiger charge is 2.15. The van der Waals surface area contributed by atoms with Gasteiger partial charge in [0.05, 0.1) is 13.2 Å². The lowest BCUT2D eigenvalue weighted by atomic mass is 9.98. The van der Waals surface area contributed by atoms with E-state index in [0.29, 0.717) is 6.42 Å². The van der Waals surface area contributed by atoms with Gasteiger partial charge < -0.3 is 14.9 Å². The highest BCUT2D eigenvalue weighted by atomic mass is 16.5. The van der Waals surface area contributed by atoms with Crippen LogP contribution in [0.15, 0.2) is 12.1 Å². The van der Waals surface area contributed by atoms with E-state index in [2.05, 4.69) is 0 Å². The van der Waals surface area contributed by atoms with Crippen molar-refractivity contribution >= 4 is 0 Å². The molecule has 0 fully saturated rings. The van der Waals surface area contributed by atoms with Crippen molar-refractivity contribution in [3.05, 3.63) is 28.8 Å². The lowest BCUT2D eigenvalue weighted by Gasteiger charge is -2.17. The fourth-order valence-electron chi connectivity index (χ4n) is 2.12. The first-order valence-electron chi connectivity index (χ1n) is 6.04. The Morgan fingerprint density at radius 1 is 1.24 bits per heavy atom. The predicted molar refractivity (Wildman–Crippen MR) is 68.4 cm³/mol. The van der Waals surface area contributed by atoms with Gasteiger partial charge in [-0.25, -0.2) is 0 Å². The Bertz CT molecular complexity index is 361. The third-order valence-electron chi connectivity index (χ3n) is 2.90. The first kappa shape index (κ1) is 14.0. The summed E-state index contributed by atoms with van der Waals surface area (Å²) < 4.78 is 5.35. The molecule has 0 bridgehead atoms. The molecule has 0 aliphatic rings. The zero-order valence-electron chi connectivity index (χ0n) is 10.9. The summed E-state index contributed by atoms with van der Waals surface area (Å²) in [6.45, 7) is 4.17. The molecule has 0 radical (unpaired) electrons. The maximum Gasteiger partial charge on any atom is 0.127 e. The maximum absolute atomic E-state index is 10.1. The van der Waals surface area contributed by atoms with E-state index in [9.17, 15) is 5.11 Å². The van der Waals surface area contributed by atoms with E-state index in [1.165, 1.54) is 0 Å². The Balaban J connectivity index is 2.87. The Hall–Kier alpha value is -1.06. The van der Waals surface area contributed by atoms with Crippen LogP contribution in [-0.2, 0) is 0 Å². The van der Waals surface area contributed by atoms with E-state index < -0.39 is 6.10 Å². The van der Waals surface area contributed by atoms with Crippen molar-refractivity contribution in [3.63, 3.8) is 0 Å². The highest BCUT2D eigenvalue weighted by Crippen LogP contribution is 2.32. The third-order valence-corrected chi connectivity index (χ3v) is 2.90. The van der Waals surface area contributed by atoms with Gasteiger partial charge in [0.2, 0.25) is 0 Å². The van der Waals surface area contributed by atoms with Crippen molar-refractivity contribution in [1.82, 2.24) is 0 Å². The molecule has 0 aromatic heterocycles. The molecule has 1 aromatic rings. The molecule has 0 amide bonds. The second-order valence-electron chi connectivity index (χ2n) is 4.44. The third kappa shape index (κ3) is 3.72. The van der Waals surface area contributed by atoms with Gasteiger partial charge in [-0.05, 0) is 44.7 Å². The lowest BCUT2D eigenvalue weighted by Crippen LogP contribution is -2.03. The first-order chi connectivity index (χ1) is 8.10. The van der Waals surface area contributed by atoms with Crippen LogP contribution >= 0.6 is 0 Å². The number of hydrogen-bond acceptors (Lipinski definition) is 3. The summed E-state index contributed by atoms with van der Waals surface area (Å²) >= 11 is 0. The minimum atomic E-state index is -0.518. The van der Waals surface area contributed by atoms with Crippen molar-refractivity contribution in [3.8, 4) is 5.75 Å². The Morgan fingerprint density at radius 2 is 1.94 bits per heavy atom. The van der Waals surface area contributed by atoms with Crippen LogP contribution in [0, 0.1) is 13.8 Å². The van der Waals surface area contributed by atoms with Gasteiger partial charge in [0.1, 0.15) is 5.75 Å². The molecule has 1 unspecified atom stereocenters. The molecular weight excluding hydrogens is 216 g/mol. The molecule has 0 aliphatic heterocycles. The van der Waals surface area contributed by atoms with Gasteiger partial charge >= 0.3 is 0 Å². The zero-order valence-corrected chi connectivity index (χ0v) is 10.9. The van der Waals surface area contributed by atoms with Crippen LogP contribution in [-0.4, -0.2) is 23.9 Å². The van der Waals surface area contributed by atoms with E-state index in [4.69, 9.17) is 9.84 Å². The molecule has 1 aromatic carbocycles. The van der Waals surface area contributed by atoms with Crippen molar-refractivity contribution < 1.29 is 14.9 Å². The number of benzene rings is 1. The number of unbranched alkanes of at least 4 members (excludes halogenated alkanes) is 1. The molecular formula is C14H22O3. The lowest BCUT2D eigenvalue weighted by molar-refractivity contribution is 0.155. The zero-order chi connectivity index (χ0) is 12.8. The van der Waals surface area contributed by atoms with Gasteiger partial charge in [-0.3, -0.25) is 0 Å². The number of hydrogen-bond donors (Lipinski definition) is 2. The Kier molecular flexibility index (Phi) is 5.45. The van der Waals surface area contributed by atoms with Crippen molar-refractivity contribution in [2.24, 2.45) is 0 Å². The molecule has 96 valence electrons. The van der Waals surface area contributed by atoms with Gasteiger partial charge in [0.15, 0.2) is 0 Å². The fourth-order valence-corrected chi connectivity index (χ4v) is 2.12. The summed E-state index contributed by atoms with van der Waals surface area (Å²) in [5.74, 6) is 0.770. The quantitative estimate of drug-likeness (QED) is 0.749. The molecule has 17 heavy (non-hydrogen) atoms. The molecule has 0 heterocycles. The molecule has 0 aliphatic carbocycles. The van der Waals surface area contributed by atoms with Crippen LogP contribution in [0.5, 0.6) is 5.75 Å². The monoisotopic (exact) mass is 238 g/mol. The Labute approximate surface area is 103 Å². The molecule has 0 saturated heterocycles. The largest absolute Gasteiger partial charge is 0.496 e. The molecule has 1 atom stereocenters. The van der Waals surface area contributed by atoms with Crippen LogP contribution in [0.2, 0.25) is 0 Å². The van der Waals surface area contributed by atoms with Crippen molar-refractivity contribution in [2.75, 3.05) is 13.7 Å². The second kappa shape index (κ2) is 6.62. The minimum Gasteiger partial charge on any atom is -0.496 e. The number of aryl methyl sites for hydroxylation is 2. The van der Waals surface area contributed by atoms with Crippen LogP contribution in [0.3, 0.4) is 0 Å². The van der Waals surface area contributed by atoms with E-state index in [1.54, 1.807) is 7.11 Å². The molecule has 1 rings (SSSR count). The fraction of sp³-hybridized carbons (Fsp3) is 0.571. The predicted octanol–water partition coefficient (Wildman–Crippen LogP) is 2.51. The van der Waals surface area contributed by atoms with Crippen LogP contribution in [0.1, 0.15) is 42.1 Å². The number of rotatable bonds is 6. The topological polar surface area (TPSA) is 49.7 Å². The smallest absolute Gasteiger partial charge is 0.127 e. The van der Waals surface area contributed by atoms with Crippen molar-refractivity contribution in [1.29, 1.82) is 0 Å². The number of aliphatic hydroxyl groups is 2. The van der Waals surface area contributed by atoms with E-state index in [0.717, 1.165) is 35.3 Å². The summed E-state index contributed by atoms with van der Waals surface area (Å²) in [4.78, 5) is 0. The average molecular weight is 238 g/mol. The number of methoxy groups -OCH3 is 1. The molecule has 2 N–H and O–H groups in total. The first-order valence-corrected chi connectivity index (χ1v) is 6.04. The van der Waals surface area contributed by atoms with Crippen molar-refractivity contribution in [2.45, 2.75) is 39.2 Å². The maximum atomic E-state index is 10.1. The van der Waals surface area contributed by atoms with E-state index in [1.807, 2.05) is 26.0 Å².